The van der Waals surface area contributed by atoms with Crippen LogP contribution in [0.15, 0.2) is 77.7 Å². The highest BCUT2D eigenvalue weighted by Crippen LogP contribution is 2.29. The summed E-state index contributed by atoms with van der Waals surface area (Å²) in [5, 5.41) is 2.72. The number of amides is 2. The van der Waals surface area contributed by atoms with Crippen LogP contribution in [0.25, 0.3) is 0 Å². The lowest BCUT2D eigenvalue weighted by molar-refractivity contribution is 0.0988. The molecule has 1 heterocycles. The van der Waals surface area contributed by atoms with Gasteiger partial charge in [0.05, 0.1) is 11.4 Å². The summed E-state index contributed by atoms with van der Waals surface area (Å²) in [6.07, 6.45) is 5.92. The molecular weight excluding hydrogens is 438 g/mol. The van der Waals surface area contributed by atoms with Crippen LogP contribution in [-0.2, 0) is 16.4 Å². The first-order valence-electron chi connectivity index (χ1n) is 10.2. The zero-order chi connectivity index (χ0) is 23.4. The smallest absolute Gasteiger partial charge is 0.258 e. The van der Waals surface area contributed by atoms with Crippen LogP contribution in [0.2, 0.25) is 0 Å². The Hall–Kier alpha value is -3.93. The molecule has 33 heavy (non-hydrogen) atoms. The van der Waals surface area contributed by atoms with E-state index in [2.05, 4.69) is 16.0 Å². The second-order valence-corrected chi connectivity index (χ2v) is 9.19. The molecule has 0 aromatic heterocycles. The van der Waals surface area contributed by atoms with Crippen LogP contribution >= 0.6 is 0 Å². The molecule has 0 fully saturated rings. The van der Waals surface area contributed by atoms with E-state index < -0.39 is 15.9 Å². The van der Waals surface area contributed by atoms with E-state index >= 15 is 0 Å². The van der Waals surface area contributed by atoms with E-state index in [0.717, 1.165) is 17.7 Å². The lowest BCUT2D eigenvalue weighted by Gasteiger charge is -2.17. The fraction of sp³-hybridized carbons (Fsp3) is 0.120. The zero-order valence-corrected chi connectivity index (χ0v) is 18.4. The quantitative estimate of drug-likeness (QED) is 0.554. The minimum atomic E-state index is -3.81. The normalized spacial score (nSPS) is 12.6. The predicted molar refractivity (Wildman–Crippen MR) is 127 cm³/mol. The standard InChI is InChI=1S/C25H21N3O4S/c1-2-15-26-33(31,32)22-8-5-7-20(17-22)24(29)27-21-12-10-19(11-13-21)25(30)28-16-14-18-6-3-4-9-23(18)28/h1,3-13,17,26H,14-16H2,(H,27,29). The summed E-state index contributed by atoms with van der Waals surface area (Å²) in [4.78, 5) is 27.3. The van der Waals surface area contributed by atoms with Gasteiger partial charge in [-0.15, -0.1) is 6.42 Å². The fourth-order valence-corrected chi connectivity index (χ4v) is 4.61. The summed E-state index contributed by atoms with van der Waals surface area (Å²) >= 11 is 0. The number of nitrogens with one attached hydrogen (secondary N) is 2. The lowest BCUT2D eigenvalue weighted by atomic mass is 10.1. The summed E-state index contributed by atoms with van der Waals surface area (Å²) in [5.74, 6) is 1.63. The Labute approximate surface area is 192 Å². The van der Waals surface area contributed by atoms with Crippen molar-refractivity contribution in [3.63, 3.8) is 0 Å². The Morgan fingerprint density at radius 1 is 0.970 bits per heavy atom. The number of anilines is 2. The molecule has 0 saturated carbocycles. The minimum Gasteiger partial charge on any atom is -0.322 e. The molecule has 4 rings (SSSR count). The third kappa shape index (κ3) is 4.80. The van der Waals surface area contributed by atoms with Crippen molar-refractivity contribution in [3.8, 4) is 12.3 Å². The van der Waals surface area contributed by atoms with Gasteiger partial charge < -0.3 is 10.2 Å². The average Bonchev–Trinajstić information content (AvgIpc) is 3.27. The van der Waals surface area contributed by atoms with Crippen molar-refractivity contribution in [2.45, 2.75) is 11.3 Å². The minimum absolute atomic E-state index is 0.0581. The molecule has 2 amide bonds. The zero-order valence-electron chi connectivity index (χ0n) is 17.6. The summed E-state index contributed by atoms with van der Waals surface area (Å²) in [6.45, 7) is 0.485. The number of nitrogens with zero attached hydrogens (tertiary/aromatic N) is 1. The van der Waals surface area contributed by atoms with E-state index in [1.807, 2.05) is 24.3 Å². The summed E-state index contributed by atoms with van der Waals surface area (Å²) in [7, 11) is -3.81. The highest BCUT2D eigenvalue weighted by molar-refractivity contribution is 7.89. The summed E-state index contributed by atoms with van der Waals surface area (Å²) in [6, 6.07) is 20.1. The highest BCUT2D eigenvalue weighted by atomic mass is 32.2. The van der Waals surface area contributed by atoms with Gasteiger partial charge in [0, 0.05) is 29.0 Å². The van der Waals surface area contributed by atoms with Gasteiger partial charge in [0.2, 0.25) is 10.0 Å². The van der Waals surface area contributed by atoms with Gasteiger partial charge in [0.15, 0.2) is 0 Å². The largest absolute Gasteiger partial charge is 0.322 e. The number of carbonyl (C=O) groups is 2. The van der Waals surface area contributed by atoms with E-state index in [-0.39, 0.29) is 22.9 Å². The van der Waals surface area contributed by atoms with Gasteiger partial charge >= 0.3 is 0 Å². The SMILES string of the molecule is C#CCNS(=O)(=O)c1cccc(C(=O)Nc2ccc(C(=O)N3CCc4ccccc43)cc2)c1. The molecule has 166 valence electrons. The molecule has 0 radical (unpaired) electrons. The number of hydrogen-bond donors (Lipinski definition) is 2. The van der Waals surface area contributed by atoms with Crippen LogP contribution in [0.4, 0.5) is 11.4 Å². The van der Waals surface area contributed by atoms with Crippen molar-refractivity contribution in [1.29, 1.82) is 0 Å². The van der Waals surface area contributed by atoms with Crippen molar-refractivity contribution < 1.29 is 18.0 Å². The van der Waals surface area contributed by atoms with E-state index in [1.165, 1.54) is 24.3 Å². The highest BCUT2D eigenvalue weighted by Gasteiger charge is 2.25. The fourth-order valence-electron chi connectivity index (χ4n) is 3.63. The number of terminal acetylenes is 1. The van der Waals surface area contributed by atoms with E-state index in [9.17, 15) is 18.0 Å². The molecule has 0 unspecified atom stereocenters. The van der Waals surface area contributed by atoms with Crippen molar-refractivity contribution in [1.82, 2.24) is 4.72 Å². The first kappa shape index (κ1) is 22.3. The number of hydrogen-bond acceptors (Lipinski definition) is 4. The number of rotatable bonds is 6. The van der Waals surface area contributed by atoms with E-state index in [4.69, 9.17) is 6.42 Å². The van der Waals surface area contributed by atoms with Crippen LogP contribution in [0.3, 0.4) is 0 Å². The number of benzene rings is 3. The van der Waals surface area contributed by atoms with E-state index in [1.54, 1.807) is 29.2 Å². The van der Waals surface area contributed by atoms with Crippen LogP contribution in [0, 0.1) is 12.3 Å². The monoisotopic (exact) mass is 459 g/mol. The molecule has 2 N–H and O–H groups in total. The first-order chi connectivity index (χ1) is 15.9. The van der Waals surface area contributed by atoms with Crippen molar-refractivity contribution in [2.24, 2.45) is 0 Å². The first-order valence-corrected chi connectivity index (χ1v) is 11.7. The molecule has 0 bridgehead atoms. The van der Waals surface area contributed by atoms with Crippen LogP contribution in [0.5, 0.6) is 0 Å². The number of para-hydroxylation sites is 1. The van der Waals surface area contributed by atoms with Crippen LogP contribution in [0.1, 0.15) is 26.3 Å². The van der Waals surface area contributed by atoms with Gasteiger partial charge in [-0.1, -0.05) is 30.2 Å². The Kier molecular flexibility index (Phi) is 6.27. The molecule has 0 spiro atoms. The molecule has 3 aromatic carbocycles. The molecular formula is C25H21N3O4S. The summed E-state index contributed by atoms with van der Waals surface area (Å²) in [5.41, 5.74) is 3.24. The van der Waals surface area contributed by atoms with Crippen molar-refractivity contribution in [2.75, 3.05) is 23.3 Å². The number of fused-ring (bicyclic) bond motifs is 1. The van der Waals surface area contributed by atoms with Crippen molar-refractivity contribution in [3.05, 3.63) is 89.5 Å². The molecule has 1 aliphatic heterocycles. The van der Waals surface area contributed by atoms with Crippen LogP contribution < -0.4 is 14.9 Å². The average molecular weight is 460 g/mol. The maximum Gasteiger partial charge on any atom is 0.258 e. The Balaban J connectivity index is 1.46. The maximum absolute atomic E-state index is 12.9. The predicted octanol–water partition coefficient (Wildman–Crippen LogP) is 3.05. The Morgan fingerprint density at radius 2 is 1.73 bits per heavy atom. The third-order valence-electron chi connectivity index (χ3n) is 5.29. The third-order valence-corrected chi connectivity index (χ3v) is 6.69. The van der Waals surface area contributed by atoms with Gasteiger partial charge in [-0.25, -0.2) is 8.42 Å². The molecule has 0 atom stereocenters. The molecule has 1 aliphatic rings. The second-order valence-electron chi connectivity index (χ2n) is 7.42. The molecule has 7 nitrogen and oxygen atoms in total. The molecule has 3 aromatic rings. The maximum atomic E-state index is 12.9. The molecule has 0 aliphatic carbocycles. The van der Waals surface area contributed by atoms with Crippen molar-refractivity contribution >= 4 is 33.2 Å². The second kappa shape index (κ2) is 9.28. The Bertz CT molecular complexity index is 1360. The van der Waals surface area contributed by atoms with Gasteiger partial charge in [-0.2, -0.15) is 4.72 Å². The topological polar surface area (TPSA) is 95.6 Å². The van der Waals surface area contributed by atoms with Gasteiger partial charge in [0.25, 0.3) is 11.8 Å². The van der Waals surface area contributed by atoms with E-state index in [0.29, 0.717) is 17.8 Å². The van der Waals surface area contributed by atoms with Gasteiger partial charge in [-0.3, -0.25) is 9.59 Å². The molecule has 8 heteroatoms. The molecule has 0 saturated heterocycles. The number of carbonyl (C=O) groups excluding carboxylic acids is 2. The lowest BCUT2D eigenvalue weighted by Crippen LogP contribution is -2.28. The number of sulfonamides is 1. The van der Waals surface area contributed by atoms with Gasteiger partial charge in [-0.05, 0) is 60.5 Å². The van der Waals surface area contributed by atoms with Crippen LogP contribution in [-0.4, -0.2) is 33.3 Å². The summed E-state index contributed by atoms with van der Waals surface area (Å²) < 4.78 is 26.7. The van der Waals surface area contributed by atoms with Gasteiger partial charge in [0.1, 0.15) is 0 Å². The Morgan fingerprint density at radius 3 is 2.48 bits per heavy atom.